The Morgan fingerprint density at radius 3 is 2.33 bits per heavy atom. The maximum Gasteiger partial charge on any atom is 0.274 e. The number of aromatic nitrogens is 1. The molecule has 1 atom stereocenters. The molecule has 0 bridgehead atoms. The number of aliphatic imine (C=N–C) groups is 1. The van der Waals surface area contributed by atoms with Gasteiger partial charge in [0.25, 0.3) is 5.91 Å². The molecule has 0 aliphatic rings. The largest absolute Gasteiger partial charge is 0.496 e. The first-order valence-electron chi connectivity index (χ1n) is 12.3. The normalized spacial score (nSPS) is 12.7. The summed E-state index contributed by atoms with van der Waals surface area (Å²) in [5.41, 5.74) is 6.65. The van der Waals surface area contributed by atoms with Gasteiger partial charge in [0.2, 0.25) is 0 Å². The molecule has 6 nitrogen and oxygen atoms in total. The molecule has 1 aromatic heterocycles. The van der Waals surface area contributed by atoms with Gasteiger partial charge in [-0.1, -0.05) is 50.8 Å². The number of ether oxygens (including phenoxy) is 1. The maximum absolute atomic E-state index is 13.0. The van der Waals surface area contributed by atoms with Gasteiger partial charge >= 0.3 is 0 Å². The summed E-state index contributed by atoms with van der Waals surface area (Å²) in [5.74, 6) is 0.252. The fourth-order valence-corrected chi connectivity index (χ4v) is 4.01. The Bertz CT molecular complexity index is 1280. The van der Waals surface area contributed by atoms with E-state index in [1.807, 2.05) is 31.3 Å². The van der Waals surface area contributed by atoms with E-state index in [-0.39, 0.29) is 17.3 Å². The number of pyridine rings is 1. The molecule has 3 rings (SSSR count). The van der Waals surface area contributed by atoms with Crippen LogP contribution in [0.5, 0.6) is 5.75 Å². The van der Waals surface area contributed by atoms with E-state index in [1.165, 1.54) is 0 Å². The molecule has 36 heavy (non-hydrogen) atoms. The standard InChI is InChI=1S/C30H36N4O2/c1-8-17-32-30(6,10-3)34-26-16-12-14-24(21(26)5)23-13-11-15-25(20(23)4)33-29(35)27-18-28(36-7)22(9-2)19-31-27/h9,11-19,34H,2,8,10H2,1,3-7H3,(H,33,35)/b32-17-. The smallest absolute Gasteiger partial charge is 0.274 e. The Hall–Kier alpha value is -3.93. The molecule has 188 valence electrons. The lowest BCUT2D eigenvalue weighted by Gasteiger charge is -2.28. The first-order valence-corrected chi connectivity index (χ1v) is 12.3. The number of benzene rings is 2. The Morgan fingerprint density at radius 2 is 1.75 bits per heavy atom. The van der Waals surface area contributed by atoms with Crippen molar-refractivity contribution in [1.29, 1.82) is 0 Å². The Morgan fingerprint density at radius 1 is 1.11 bits per heavy atom. The van der Waals surface area contributed by atoms with Gasteiger partial charge in [-0.15, -0.1) is 0 Å². The molecule has 2 aromatic carbocycles. The van der Waals surface area contributed by atoms with Crippen molar-refractivity contribution in [3.8, 4) is 16.9 Å². The Balaban J connectivity index is 1.93. The van der Waals surface area contributed by atoms with Gasteiger partial charge < -0.3 is 15.4 Å². The number of anilines is 2. The number of carbonyl (C=O) groups is 1. The fourth-order valence-electron chi connectivity index (χ4n) is 4.01. The molecular weight excluding hydrogens is 448 g/mol. The Labute approximate surface area is 214 Å². The lowest BCUT2D eigenvalue weighted by atomic mass is 9.94. The van der Waals surface area contributed by atoms with E-state index in [0.717, 1.165) is 52.0 Å². The first kappa shape index (κ1) is 26.7. The topological polar surface area (TPSA) is 75.6 Å². The second kappa shape index (κ2) is 11.7. The van der Waals surface area contributed by atoms with Crippen LogP contribution in [0.15, 0.2) is 60.2 Å². The van der Waals surface area contributed by atoms with E-state index in [0.29, 0.717) is 5.75 Å². The van der Waals surface area contributed by atoms with Gasteiger partial charge in [0.15, 0.2) is 0 Å². The number of amides is 1. The van der Waals surface area contributed by atoms with Crippen molar-refractivity contribution in [3.63, 3.8) is 0 Å². The molecular formula is C30H36N4O2. The van der Waals surface area contributed by atoms with Crippen molar-refractivity contribution in [3.05, 3.63) is 77.6 Å². The summed E-state index contributed by atoms with van der Waals surface area (Å²) in [6.45, 7) is 14.2. The summed E-state index contributed by atoms with van der Waals surface area (Å²) in [6.07, 6.45) is 6.95. The third kappa shape index (κ3) is 5.82. The molecule has 0 saturated heterocycles. The zero-order chi connectivity index (χ0) is 26.3. The highest BCUT2D eigenvalue weighted by Gasteiger charge is 2.21. The molecule has 0 aliphatic carbocycles. The summed E-state index contributed by atoms with van der Waals surface area (Å²) in [7, 11) is 1.56. The van der Waals surface area contributed by atoms with Crippen LogP contribution in [0.1, 0.15) is 60.8 Å². The third-order valence-electron chi connectivity index (χ3n) is 6.42. The van der Waals surface area contributed by atoms with Gasteiger partial charge in [-0.3, -0.25) is 14.8 Å². The van der Waals surface area contributed by atoms with Crippen molar-refractivity contribution in [1.82, 2.24) is 4.98 Å². The van der Waals surface area contributed by atoms with Crippen LogP contribution in [0.3, 0.4) is 0 Å². The van der Waals surface area contributed by atoms with Gasteiger partial charge in [0, 0.05) is 35.4 Å². The van der Waals surface area contributed by atoms with Gasteiger partial charge in [0.1, 0.15) is 17.1 Å². The zero-order valence-electron chi connectivity index (χ0n) is 22.1. The summed E-state index contributed by atoms with van der Waals surface area (Å²) >= 11 is 0. The molecule has 1 amide bonds. The predicted octanol–water partition coefficient (Wildman–Crippen LogP) is 7.29. The highest BCUT2D eigenvalue weighted by molar-refractivity contribution is 6.04. The van der Waals surface area contributed by atoms with E-state index in [4.69, 9.17) is 9.73 Å². The van der Waals surface area contributed by atoms with Crippen LogP contribution >= 0.6 is 0 Å². The summed E-state index contributed by atoms with van der Waals surface area (Å²) in [4.78, 5) is 22.0. The second-order valence-corrected chi connectivity index (χ2v) is 8.90. The van der Waals surface area contributed by atoms with Gasteiger partial charge in [-0.05, 0) is 68.0 Å². The molecule has 0 fully saturated rings. The molecule has 0 spiro atoms. The highest BCUT2D eigenvalue weighted by Crippen LogP contribution is 2.35. The van der Waals surface area contributed by atoms with Crippen LogP contribution < -0.4 is 15.4 Å². The van der Waals surface area contributed by atoms with E-state index >= 15 is 0 Å². The van der Waals surface area contributed by atoms with Gasteiger partial charge in [-0.2, -0.15) is 0 Å². The fraction of sp³-hybridized carbons (Fsp3) is 0.300. The minimum atomic E-state index is -0.376. The second-order valence-electron chi connectivity index (χ2n) is 8.90. The van der Waals surface area contributed by atoms with Crippen LogP contribution in [0.4, 0.5) is 11.4 Å². The third-order valence-corrected chi connectivity index (χ3v) is 6.42. The number of methoxy groups -OCH3 is 1. The molecule has 2 N–H and O–H groups in total. The monoisotopic (exact) mass is 484 g/mol. The average Bonchev–Trinajstić information content (AvgIpc) is 2.89. The van der Waals surface area contributed by atoms with Crippen LogP contribution in [-0.2, 0) is 0 Å². The molecule has 1 heterocycles. The summed E-state index contributed by atoms with van der Waals surface area (Å²) < 4.78 is 5.36. The van der Waals surface area contributed by atoms with Crippen LogP contribution in [0.25, 0.3) is 17.2 Å². The van der Waals surface area contributed by atoms with E-state index in [9.17, 15) is 4.79 Å². The number of nitrogens with zero attached hydrogens (tertiary/aromatic N) is 2. The molecule has 1 unspecified atom stereocenters. The van der Waals surface area contributed by atoms with Crippen molar-refractivity contribution < 1.29 is 9.53 Å². The minimum absolute atomic E-state index is 0.274. The van der Waals surface area contributed by atoms with E-state index in [1.54, 1.807) is 25.4 Å². The van der Waals surface area contributed by atoms with Crippen molar-refractivity contribution in [2.24, 2.45) is 4.99 Å². The Kier molecular flexibility index (Phi) is 8.64. The zero-order valence-corrected chi connectivity index (χ0v) is 22.1. The first-order chi connectivity index (χ1) is 17.3. The van der Waals surface area contributed by atoms with Crippen LogP contribution in [-0.4, -0.2) is 29.9 Å². The van der Waals surface area contributed by atoms with Crippen molar-refractivity contribution in [2.45, 2.75) is 53.1 Å². The lowest BCUT2D eigenvalue weighted by Crippen LogP contribution is -2.32. The minimum Gasteiger partial charge on any atom is -0.496 e. The van der Waals surface area contributed by atoms with Gasteiger partial charge in [0.05, 0.1) is 7.11 Å². The molecule has 6 heteroatoms. The summed E-state index contributed by atoms with van der Waals surface area (Å²) in [6, 6.07) is 13.8. The quantitative estimate of drug-likeness (QED) is 0.296. The number of nitrogens with one attached hydrogen (secondary N) is 2. The van der Waals surface area contributed by atoms with Crippen molar-refractivity contribution >= 4 is 29.6 Å². The maximum atomic E-state index is 13.0. The van der Waals surface area contributed by atoms with Crippen LogP contribution in [0, 0.1) is 13.8 Å². The number of hydrogen-bond acceptors (Lipinski definition) is 5. The molecule has 0 radical (unpaired) electrons. The number of hydrogen-bond donors (Lipinski definition) is 2. The SMILES string of the molecule is C=Cc1cnc(C(=O)Nc2cccc(-c3cccc(NC(C)(CC)/N=C\CC)c3C)c2C)cc1OC. The molecule has 0 saturated carbocycles. The van der Waals surface area contributed by atoms with Crippen LogP contribution in [0.2, 0.25) is 0 Å². The highest BCUT2D eigenvalue weighted by atomic mass is 16.5. The molecule has 0 aliphatic heterocycles. The van der Waals surface area contributed by atoms with E-state index < -0.39 is 0 Å². The number of rotatable bonds is 10. The number of carbonyl (C=O) groups excluding carboxylic acids is 1. The molecule has 3 aromatic rings. The predicted molar refractivity (Wildman–Crippen MR) is 151 cm³/mol. The van der Waals surface area contributed by atoms with Crippen molar-refractivity contribution in [2.75, 3.05) is 17.7 Å². The lowest BCUT2D eigenvalue weighted by molar-refractivity contribution is 0.102. The average molecular weight is 485 g/mol. The van der Waals surface area contributed by atoms with E-state index in [2.05, 4.69) is 68.1 Å². The van der Waals surface area contributed by atoms with Gasteiger partial charge in [-0.25, -0.2) is 0 Å². The summed E-state index contributed by atoms with van der Waals surface area (Å²) in [5, 5.41) is 6.64.